The summed E-state index contributed by atoms with van der Waals surface area (Å²) >= 11 is 0. The standard InChI is InChI=1S/C48H87NO8/c1-3-5-7-9-11-13-15-17-18-19-20-21-22-23-24-26-28-30-32-34-36-38-44(52)49-41(40-56-48-47(55)46(54)45(53)43(39-50)57-48)42(51)37-35-33-31-29-27-25-16-14-12-10-8-6-4-2/h12,14,19-20,27,29,35,37,41-43,45-48,50-51,53-55H,3-11,13,15-18,21-26,28,30-34,36,38-40H2,1-2H3,(H,49,52)/b14-12+,20-19-,29-27+,37-35+. The number of rotatable bonds is 38. The van der Waals surface area contributed by atoms with Crippen LogP contribution in [-0.4, -0.2) is 87.5 Å². The van der Waals surface area contributed by atoms with Crippen LogP contribution in [0.2, 0.25) is 0 Å². The molecule has 1 aliphatic rings. The van der Waals surface area contributed by atoms with Crippen LogP contribution < -0.4 is 5.32 Å². The summed E-state index contributed by atoms with van der Waals surface area (Å²) < 4.78 is 11.2. The molecule has 7 unspecified atom stereocenters. The molecule has 1 amide bonds. The molecule has 1 fully saturated rings. The van der Waals surface area contributed by atoms with Gasteiger partial charge in [-0.25, -0.2) is 0 Å². The highest BCUT2D eigenvalue weighted by molar-refractivity contribution is 5.76. The van der Waals surface area contributed by atoms with Gasteiger partial charge in [-0.15, -0.1) is 0 Å². The van der Waals surface area contributed by atoms with Crippen molar-refractivity contribution in [3.8, 4) is 0 Å². The molecule has 0 aliphatic carbocycles. The average Bonchev–Trinajstić information content (AvgIpc) is 3.21. The van der Waals surface area contributed by atoms with Gasteiger partial charge in [-0.1, -0.05) is 165 Å². The van der Waals surface area contributed by atoms with Crippen LogP contribution >= 0.6 is 0 Å². The molecule has 1 heterocycles. The molecule has 0 saturated carbocycles. The number of ether oxygens (including phenoxy) is 2. The van der Waals surface area contributed by atoms with E-state index in [0.717, 1.165) is 51.4 Å². The van der Waals surface area contributed by atoms with Gasteiger partial charge in [0, 0.05) is 6.42 Å². The third kappa shape index (κ3) is 29.1. The van der Waals surface area contributed by atoms with Crippen LogP contribution in [0.25, 0.3) is 0 Å². The van der Waals surface area contributed by atoms with Crippen molar-refractivity contribution in [3.63, 3.8) is 0 Å². The van der Waals surface area contributed by atoms with Gasteiger partial charge in [0.05, 0.1) is 25.4 Å². The number of hydrogen-bond acceptors (Lipinski definition) is 8. The summed E-state index contributed by atoms with van der Waals surface area (Å²) in [6.45, 7) is 3.71. The van der Waals surface area contributed by atoms with E-state index in [9.17, 15) is 30.3 Å². The maximum atomic E-state index is 12.9. The van der Waals surface area contributed by atoms with Crippen molar-refractivity contribution in [1.29, 1.82) is 0 Å². The normalized spacial score (nSPS) is 21.4. The number of allylic oxidation sites excluding steroid dienone is 7. The Kier molecular flexibility index (Phi) is 35.8. The third-order valence-electron chi connectivity index (χ3n) is 10.9. The lowest BCUT2D eigenvalue weighted by atomic mass is 9.99. The maximum absolute atomic E-state index is 12.9. The zero-order valence-corrected chi connectivity index (χ0v) is 36.3. The first kappa shape index (κ1) is 53.2. The summed E-state index contributed by atoms with van der Waals surface area (Å²) in [7, 11) is 0. The second-order valence-electron chi connectivity index (χ2n) is 16.2. The fourth-order valence-corrected chi connectivity index (χ4v) is 7.06. The molecular weight excluding hydrogens is 719 g/mol. The molecule has 332 valence electrons. The van der Waals surface area contributed by atoms with E-state index in [1.807, 2.05) is 6.08 Å². The van der Waals surface area contributed by atoms with E-state index in [-0.39, 0.29) is 12.5 Å². The predicted octanol–water partition coefficient (Wildman–Crippen LogP) is 9.84. The van der Waals surface area contributed by atoms with E-state index in [1.165, 1.54) is 122 Å². The van der Waals surface area contributed by atoms with E-state index in [2.05, 4.69) is 55.6 Å². The zero-order valence-electron chi connectivity index (χ0n) is 36.3. The van der Waals surface area contributed by atoms with Crippen LogP contribution in [0.15, 0.2) is 48.6 Å². The number of nitrogens with one attached hydrogen (secondary N) is 1. The number of aliphatic hydroxyl groups excluding tert-OH is 5. The predicted molar refractivity (Wildman–Crippen MR) is 235 cm³/mol. The minimum atomic E-state index is -1.57. The molecule has 1 rings (SSSR count). The molecule has 1 aliphatic heterocycles. The fourth-order valence-electron chi connectivity index (χ4n) is 7.06. The van der Waals surface area contributed by atoms with E-state index in [0.29, 0.717) is 6.42 Å². The summed E-state index contributed by atoms with van der Waals surface area (Å²) in [6.07, 6.45) is 41.6. The van der Waals surface area contributed by atoms with Crippen molar-refractivity contribution in [2.24, 2.45) is 0 Å². The summed E-state index contributed by atoms with van der Waals surface area (Å²) in [4.78, 5) is 12.9. The summed E-state index contributed by atoms with van der Waals surface area (Å²) in [5.41, 5.74) is 0. The highest BCUT2D eigenvalue weighted by atomic mass is 16.7. The molecule has 9 heteroatoms. The fraction of sp³-hybridized carbons (Fsp3) is 0.812. The quantitative estimate of drug-likeness (QED) is 0.0267. The van der Waals surface area contributed by atoms with Gasteiger partial charge in [-0.2, -0.15) is 0 Å². The lowest BCUT2D eigenvalue weighted by molar-refractivity contribution is -0.302. The van der Waals surface area contributed by atoms with E-state index >= 15 is 0 Å². The molecule has 0 aromatic rings. The van der Waals surface area contributed by atoms with Crippen LogP contribution in [0.4, 0.5) is 0 Å². The Bertz CT molecular complexity index is 1030. The van der Waals surface area contributed by atoms with Gasteiger partial charge >= 0.3 is 0 Å². The smallest absolute Gasteiger partial charge is 0.220 e. The number of carbonyl (C=O) groups is 1. The maximum Gasteiger partial charge on any atom is 0.220 e. The van der Waals surface area contributed by atoms with Gasteiger partial charge < -0.3 is 40.3 Å². The lowest BCUT2D eigenvalue weighted by Crippen LogP contribution is -2.60. The Morgan fingerprint density at radius 3 is 1.51 bits per heavy atom. The first-order valence-corrected chi connectivity index (χ1v) is 23.4. The minimum absolute atomic E-state index is 0.195. The summed E-state index contributed by atoms with van der Waals surface area (Å²) in [6, 6.07) is -0.828. The van der Waals surface area contributed by atoms with Crippen LogP contribution in [-0.2, 0) is 14.3 Å². The van der Waals surface area contributed by atoms with Gasteiger partial charge in [0.2, 0.25) is 5.91 Å². The number of hydrogen-bond donors (Lipinski definition) is 6. The molecule has 0 bridgehead atoms. The Morgan fingerprint density at radius 1 is 0.579 bits per heavy atom. The van der Waals surface area contributed by atoms with Crippen molar-refractivity contribution < 1.29 is 39.8 Å². The molecule has 7 atom stereocenters. The molecule has 6 N–H and O–H groups in total. The Balaban J connectivity index is 2.34. The summed E-state index contributed by atoms with van der Waals surface area (Å²) in [5, 5.41) is 54.1. The average molecular weight is 806 g/mol. The van der Waals surface area contributed by atoms with Gasteiger partial charge in [-0.3, -0.25) is 4.79 Å². The first-order valence-electron chi connectivity index (χ1n) is 23.4. The van der Waals surface area contributed by atoms with Crippen LogP contribution in [0, 0.1) is 0 Å². The second kappa shape index (κ2) is 38.4. The monoisotopic (exact) mass is 806 g/mol. The molecule has 0 aromatic heterocycles. The molecule has 0 spiro atoms. The molecule has 9 nitrogen and oxygen atoms in total. The molecule has 1 saturated heterocycles. The van der Waals surface area contributed by atoms with E-state index < -0.39 is 49.5 Å². The van der Waals surface area contributed by atoms with Gasteiger partial charge in [-0.05, 0) is 70.6 Å². The largest absolute Gasteiger partial charge is 0.394 e. The molecule has 57 heavy (non-hydrogen) atoms. The van der Waals surface area contributed by atoms with E-state index in [1.54, 1.807) is 6.08 Å². The highest BCUT2D eigenvalue weighted by Crippen LogP contribution is 2.22. The number of unbranched alkanes of at least 4 members (excludes halogenated alkanes) is 22. The minimum Gasteiger partial charge on any atom is -0.394 e. The Hall–Kier alpha value is -1.85. The van der Waals surface area contributed by atoms with Crippen LogP contribution in [0.5, 0.6) is 0 Å². The molecule has 0 aromatic carbocycles. The Labute approximate surface area is 348 Å². The second-order valence-corrected chi connectivity index (χ2v) is 16.2. The number of amides is 1. The molecular formula is C48H87NO8. The van der Waals surface area contributed by atoms with Crippen molar-refractivity contribution in [2.75, 3.05) is 13.2 Å². The number of carbonyl (C=O) groups excluding carboxylic acids is 1. The van der Waals surface area contributed by atoms with Crippen molar-refractivity contribution in [2.45, 2.75) is 236 Å². The van der Waals surface area contributed by atoms with Gasteiger partial charge in [0.1, 0.15) is 24.4 Å². The highest BCUT2D eigenvalue weighted by Gasteiger charge is 2.44. The van der Waals surface area contributed by atoms with E-state index in [4.69, 9.17) is 9.47 Å². The lowest BCUT2D eigenvalue weighted by Gasteiger charge is -2.40. The first-order chi connectivity index (χ1) is 27.8. The van der Waals surface area contributed by atoms with Crippen molar-refractivity contribution in [1.82, 2.24) is 5.32 Å². The van der Waals surface area contributed by atoms with Crippen molar-refractivity contribution in [3.05, 3.63) is 48.6 Å². The molecule has 0 radical (unpaired) electrons. The van der Waals surface area contributed by atoms with Crippen LogP contribution in [0.3, 0.4) is 0 Å². The zero-order chi connectivity index (χ0) is 41.6. The van der Waals surface area contributed by atoms with Gasteiger partial charge in [0.25, 0.3) is 0 Å². The Morgan fingerprint density at radius 2 is 1.00 bits per heavy atom. The third-order valence-corrected chi connectivity index (χ3v) is 10.9. The van der Waals surface area contributed by atoms with Crippen molar-refractivity contribution >= 4 is 5.91 Å². The van der Waals surface area contributed by atoms with Crippen LogP contribution in [0.1, 0.15) is 194 Å². The topological polar surface area (TPSA) is 149 Å². The number of aliphatic hydroxyl groups is 5. The SMILES string of the molecule is CCCCC/C=C/CC/C=C/CC/C=C/C(O)C(COC1OC(CO)C(O)C(O)C1O)NC(=O)CCCCCCCCCCC/C=C\CCCCCCCCCC. The van der Waals surface area contributed by atoms with Gasteiger partial charge in [0.15, 0.2) is 6.29 Å². The summed E-state index contributed by atoms with van der Waals surface area (Å²) in [5.74, 6) is -0.195.